The molecule has 1 heterocycles. The highest BCUT2D eigenvalue weighted by Crippen LogP contribution is 2.36. The van der Waals surface area contributed by atoms with Gasteiger partial charge in [0.2, 0.25) is 0 Å². The van der Waals surface area contributed by atoms with E-state index >= 15 is 0 Å². The van der Waals surface area contributed by atoms with E-state index in [-0.39, 0.29) is 7.92 Å². The number of hydrogen-bond acceptors (Lipinski definition) is 1. The Morgan fingerprint density at radius 3 is 2.56 bits per heavy atom. The predicted molar refractivity (Wildman–Crippen MR) is 85.7 cm³/mol. The molecule has 2 heteroatoms. The van der Waals surface area contributed by atoms with E-state index in [1.807, 2.05) is 11.3 Å². The van der Waals surface area contributed by atoms with Crippen LogP contribution in [-0.4, -0.2) is 12.3 Å². The van der Waals surface area contributed by atoms with Crippen LogP contribution in [0.4, 0.5) is 0 Å². The van der Waals surface area contributed by atoms with E-state index < -0.39 is 0 Å². The van der Waals surface area contributed by atoms with Crippen LogP contribution in [0, 0.1) is 0 Å². The van der Waals surface area contributed by atoms with Gasteiger partial charge in [0, 0.05) is 0 Å². The summed E-state index contributed by atoms with van der Waals surface area (Å²) in [7, 11) is 0.0382. The van der Waals surface area contributed by atoms with E-state index in [0.717, 1.165) is 0 Å². The Kier molecular flexibility index (Phi) is 5.90. The number of hydrogen-bond donors (Lipinski definition) is 0. The standard InChI is InChI=1S/C16H21PS/c1-2-3-11-17(16-7-5-4-6-8-16)12-9-15-10-13-18-14-15/h4-8,10,13-14H,2-3,9,11-12H2,1H3. The summed E-state index contributed by atoms with van der Waals surface area (Å²) in [6.07, 6.45) is 6.65. The zero-order valence-corrected chi connectivity index (χ0v) is 12.7. The molecule has 0 saturated carbocycles. The maximum Gasteiger partial charge on any atom is -0.00611 e. The molecule has 0 aliphatic carbocycles. The molecule has 0 saturated heterocycles. The van der Waals surface area contributed by atoms with Gasteiger partial charge in [0.05, 0.1) is 0 Å². The minimum absolute atomic E-state index is 0.0382. The van der Waals surface area contributed by atoms with Gasteiger partial charge in [0.15, 0.2) is 0 Å². The number of thiophene rings is 1. The molecule has 0 fully saturated rings. The summed E-state index contributed by atoms with van der Waals surface area (Å²) in [6, 6.07) is 13.4. The minimum atomic E-state index is 0.0382. The Morgan fingerprint density at radius 1 is 1.06 bits per heavy atom. The van der Waals surface area contributed by atoms with Crippen molar-refractivity contribution in [1.29, 1.82) is 0 Å². The highest BCUT2D eigenvalue weighted by atomic mass is 32.1. The van der Waals surface area contributed by atoms with Crippen LogP contribution in [0.25, 0.3) is 0 Å². The molecule has 2 aromatic rings. The normalized spacial score (nSPS) is 12.5. The largest absolute Gasteiger partial charge is 0.152 e. The summed E-state index contributed by atoms with van der Waals surface area (Å²) in [5, 5.41) is 6.06. The topological polar surface area (TPSA) is 0 Å². The van der Waals surface area contributed by atoms with Crippen LogP contribution >= 0.6 is 19.3 Å². The predicted octanol–water partition coefficient (Wildman–Crippen LogP) is 4.90. The molecule has 1 aromatic carbocycles. The number of unbranched alkanes of at least 4 members (excludes halogenated alkanes) is 1. The van der Waals surface area contributed by atoms with Gasteiger partial charge in [-0.2, -0.15) is 11.3 Å². The van der Waals surface area contributed by atoms with E-state index in [2.05, 4.69) is 54.1 Å². The van der Waals surface area contributed by atoms with E-state index in [9.17, 15) is 0 Å². The average Bonchev–Trinajstić information content (AvgIpc) is 2.93. The maximum absolute atomic E-state index is 2.31. The highest BCUT2D eigenvalue weighted by molar-refractivity contribution is 7.65. The first-order valence-electron chi connectivity index (χ1n) is 6.71. The van der Waals surface area contributed by atoms with Gasteiger partial charge in [-0.3, -0.25) is 0 Å². The lowest BCUT2D eigenvalue weighted by atomic mass is 10.3. The zero-order chi connectivity index (χ0) is 12.6. The van der Waals surface area contributed by atoms with Crippen molar-refractivity contribution in [3.8, 4) is 0 Å². The lowest BCUT2D eigenvalue weighted by Gasteiger charge is -2.17. The Bertz CT molecular complexity index is 422. The van der Waals surface area contributed by atoms with Crippen molar-refractivity contribution < 1.29 is 0 Å². The molecule has 0 bridgehead atoms. The molecule has 1 atom stereocenters. The summed E-state index contributed by atoms with van der Waals surface area (Å²) in [6.45, 7) is 2.29. The van der Waals surface area contributed by atoms with Crippen molar-refractivity contribution in [2.24, 2.45) is 0 Å². The molecule has 1 aromatic heterocycles. The van der Waals surface area contributed by atoms with Crippen LogP contribution in [0.1, 0.15) is 25.3 Å². The molecule has 0 N–H and O–H groups in total. The summed E-state index contributed by atoms with van der Waals surface area (Å²) < 4.78 is 0. The second-order valence-corrected chi connectivity index (χ2v) is 7.83. The van der Waals surface area contributed by atoms with Crippen LogP contribution in [0.5, 0.6) is 0 Å². The van der Waals surface area contributed by atoms with Crippen LogP contribution in [-0.2, 0) is 6.42 Å². The first-order valence-corrected chi connectivity index (χ1v) is 9.36. The second kappa shape index (κ2) is 7.71. The average molecular weight is 276 g/mol. The Morgan fingerprint density at radius 2 is 1.89 bits per heavy atom. The van der Waals surface area contributed by atoms with Crippen LogP contribution in [0.15, 0.2) is 47.2 Å². The third-order valence-electron chi connectivity index (χ3n) is 3.15. The maximum atomic E-state index is 2.31. The van der Waals surface area contributed by atoms with Crippen molar-refractivity contribution in [1.82, 2.24) is 0 Å². The van der Waals surface area contributed by atoms with Gasteiger partial charge in [0.1, 0.15) is 0 Å². The smallest absolute Gasteiger partial charge is 0.00611 e. The van der Waals surface area contributed by atoms with Crippen molar-refractivity contribution in [3.05, 3.63) is 52.7 Å². The Balaban J connectivity index is 1.96. The molecular formula is C16H21PS. The lowest BCUT2D eigenvalue weighted by Crippen LogP contribution is -2.07. The van der Waals surface area contributed by atoms with E-state index in [1.165, 1.54) is 37.1 Å². The van der Waals surface area contributed by atoms with Gasteiger partial charge in [-0.15, -0.1) is 0 Å². The molecule has 0 nitrogen and oxygen atoms in total. The fourth-order valence-electron chi connectivity index (χ4n) is 2.06. The van der Waals surface area contributed by atoms with Gasteiger partial charge < -0.3 is 0 Å². The molecule has 0 aliphatic heterocycles. The first kappa shape index (κ1) is 13.8. The molecule has 96 valence electrons. The van der Waals surface area contributed by atoms with Crippen molar-refractivity contribution in [2.45, 2.75) is 26.2 Å². The molecule has 0 amide bonds. The summed E-state index contributed by atoms with van der Waals surface area (Å²) >= 11 is 1.81. The summed E-state index contributed by atoms with van der Waals surface area (Å²) in [5.41, 5.74) is 1.51. The quantitative estimate of drug-likeness (QED) is 0.631. The molecule has 2 rings (SSSR count). The second-order valence-electron chi connectivity index (χ2n) is 4.56. The van der Waals surface area contributed by atoms with Gasteiger partial charge >= 0.3 is 0 Å². The van der Waals surface area contributed by atoms with E-state index in [4.69, 9.17) is 0 Å². The van der Waals surface area contributed by atoms with Crippen LogP contribution in [0.3, 0.4) is 0 Å². The minimum Gasteiger partial charge on any atom is -0.152 e. The van der Waals surface area contributed by atoms with E-state index in [0.29, 0.717) is 0 Å². The monoisotopic (exact) mass is 276 g/mol. The number of aryl methyl sites for hydroxylation is 1. The van der Waals surface area contributed by atoms with Gasteiger partial charge in [0.25, 0.3) is 0 Å². The van der Waals surface area contributed by atoms with Crippen molar-refractivity contribution >= 4 is 24.6 Å². The van der Waals surface area contributed by atoms with Gasteiger partial charge in [-0.25, -0.2) is 0 Å². The van der Waals surface area contributed by atoms with Crippen molar-refractivity contribution in [3.63, 3.8) is 0 Å². The lowest BCUT2D eigenvalue weighted by molar-refractivity contribution is 0.890. The highest BCUT2D eigenvalue weighted by Gasteiger charge is 2.10. The zero-order valence-electron chi connectivity index (χ0n) is 11.0. The fourth-order valence-corrected chi connectivity index (χ4v) is 5.32. The third kappa shape index (κ3) is 4.23. The Hall–Kier alpha value is -0.650. The first-order chi connectivity index (χ1) is 8.90. The summed E-state index contributed by atoms with van der Waals surface area (Å²) in [5.74, 6) is 0. The molecule has 0 aliphatic rings. The molecule has 0 spiro atoms. The van der Waals surface area contributed by atoms with Gasteiger partial charge in [-0.1, -0.05) is 51.6 Å². The number of rotatable bonds is 7. The Labute approximate surface area is 116 Å². The third-order valence-corrected chi connectivity index (χ3v) is 6.53. The van der Waals surface area contributed by atoms with Crippen LogP contribution in [0.2, 0.25) is 0 Å². The fraction of sp³-hybridized carbons (Fsp3) is 0.375. The van der Waals surface area contributed by atoms with Gasteiger partial charge in [-0.05, 0) is 52.9 Å². The molecule has 0 radical (unpaired) electrons. The number of benzene rings is 1. The van der Waals surface area contributed by atoms with Crippen LogP contribution < -0.4 is 5.30 Å². The van der Waals surface area contributed by atoms with E-state index in [1.54, 1.807) is 5.30 Å². The molecular weight excluding hydrogens is 255 g/mol. The molecule has 1 unspecified atom stereocenters. The molecule has 18 heavy (non-hydrogen) atoms. The SMILES string of the molecule is CCCCP(CCc1ccsc1)c1ccccc1. The summed E-state index contributed by atoms with van der Waals surface area (Å²) in [4.78, 5) is 0. The van der Waals surface area contributed by atoms with Crippen molar-refractivity contribution in [2.75, 3.05) is 12.3 Å².